The maximum Gasteiger partial charge on any atom is 0.306 e. The molecule has 1 unspecified atom stereocenters. The fraction of sp³-hybridized carbons (Fsp3) is 0.481. The molecule has 38 heavy (non-hydrogen) atoms. The first-order valence-electron chi connectivity index (χ1n) is 13.0. The van der Waals surface area contributed by atoms with Gasteiger partial charge >= 0.3 is 5.97 Å². The van der Waals surface area contributed by atoms with Gasteiger partial charge in [0.05, 0.1) is 31.5 Å². The van der Waals surface area contributed by atoms with Gasteiger partial charge in [0.1, 0.15) is 11.0 Å². The Morgan fingerprint density at radius 2 is 2.11 bits per heavy atom. The molecule has 10 nitrogen and oxygen atoms in total. The Bertz CT molecular complexity index is 1250. The number of rotatable bonds is 10. The molecular formula is C27H37N5O5S. The number of pyridine rings is 1. The molecule has 0 radical (unpaired) electrons. The van der Waals surface area contributed by atoms with Crippen molar-refractivity contribution in [1.82, 2.24) is 24.3 Å². The zero-order chi connectivity index (χ0) is 27.3. The van der Waals surface area contributed by atoms with Gasteiger partial charge < -0.3 is 9.47 Å². The van der Waals surface area contributed by atoms with Crippen LogP contribution in [0.2, 0.25) is 0 Å². The van der Waals surface area contributed by atoms with E-state index in [1.54, 1.807) is 22.0 Å². The molecule has 3 heterocycles. The SMILES string of the molecule is CCOC(=O)CC(CCc1cn(CC)nn1)c1ccc(C)c(CN2C[C@@H](C)Oc3cnccc3S2(O)O)c1. The Hall–Kier alpha value is -2.99. The number of carbonyl (C=O) groups is 1. The van der Waals surface area contributed by atoms with Gasteiger partial charge in [-0.25, -0.2) is 0 Å². The maximum absolute atomic E-state index is 12.5. The fourth-order valence-electron chi connectivity index (χ4n) is 4.66. The normalized spacial score (nSPS) is 18.6. The third-order valence-corrected chi connectivity index (χ3v) is 8.68. The third kappa shape index (κ3) is 6.52. The van der Waals surface area contributed by atoms with Crippen LogP contribution in [0.4, 0.5) is 0 Å². The molecule has 0 bridgehead atoms. The number of hydrogen-bond donors (Lipinski definition) is 2. The number of aryl methyl sites for hydroxylation is 3. The molecule has 1 aliphatic heterocycles. The maximum atomic E-state index is 12.5. The van der Waals surface area contributed by atoms with Gasteiger partial charge in [0, 0.05) is 25.5 Å². The highest BCUT2D eigenvalue weighted by Gasteiger charge is 2.34. The summed E-state index contributed by atoms with van der Waals surface area (Å²) in [5.74, 6) is 0.0657. The number of fused-ring (bicyclic) bond motifs is 1. The summed E-state index contributed by atoms with van der Waals surface area (Å²) < 4.78 is 37.3. The van der Waals surface area contributed by atoms with E-state index in [4.69, 9.17) is 9.47 Å². The average Bonchev–Trinajstić information content (AvgIpc) is 3.32. The second-order valence-electron chi connectivity index (χ2n) is 9.59. The molecule has 1 aromatic carbocycles. The summed E-state index contributed by atoms with van der Waals surface area (Å²) in [5, 5.41) is 8.37. The van der Waals surface area contributed by atoms with Crippen LogP contribution in [0, 0.1) is 6.92 Å². The summed E-state index contributed by atoms with van der Waals surface area (Å²) >= 11 is 0. The molecular weight excluding hydrogens is 506 g/mol. The van der Waals surface area contributed by atoms with E-state index in [0.29, 0.717) is 43.2 Å². The molecule has 0 spiro atoms. The van der Waals surface area contributed by atoms with Crippen molar-refractivity contribution in [3.05, 3.63) is 65.2 Å². The minimum absolute atomic E-state index is 0.0845. The highest BCUT2D eigenvalue weighted by atomic mass is 32.3. The van der Waals surface area contributed by atoms with E-state index in [0.717, 1.165) is 28.9 Å². The molecule has 0 saturated heterocycles. The van der Waals surface area contributed by atoms with Gasteiger partial charge in [-0.3, -0.25) is 23.6 Å². The van der Waals surface area contributed by atoms with Crippen LogP contribution in [-0.4, -0.2) is 58.6 Å². The van der Waals surface area contributed by atoms with Crippen LogP contribution >= 0.6 is 10.8 Å². The van der Waals surface area contributed by atoms with Crippen LogP contribution in [0.15, 0.2) is 47.8 Å². The molecule has 4 rings (SSSR count). The number of ether oxygens (including phenoxy) is 2. The lowest BCUT2D eigenvalue weighted by Gasteiger charge is -2.41. The van der Waals surface area contributed by atoms with Crippen molar-refractivity contribution in [2.24, 2.45) is 0 Å². The van der Waals surface area contributed by atoms with Crippen molar-refractivity contribution in [2.45, 2.75) is 77.0 Å². The van der Waals surface area contributed by atoms with E-state index in [2.05, 4.69) is 21.4 Å². The van der Waals surface area contributed by atoms with Crippen LogP contribution in [-0.2, 0) is 29.0 Å². The van der Waals surface area contributed by atoms with Crippen molar-refractivity contribution >= 4 is 16.7 Å². The van der Waals surface area contributed by atoms with Crippen LogP contribution in [0.25, 0.3) is 0 Å². The first-order chi connectivity index (χ1) is 18.2. The summed E-state index contributed by atoms with van der Waals surface area (Å²) in [7, 11) is -3.30. The largest absolute Gasteiger partial charge is 0.486 e. The van der Waals surface area contributed by atoms with E-state index in [1.807, 2.05) is 39.1 Å². The van der Waals surface area contributed by atoms with Gasteiger partial charge in [-0.2, -0.15) is 4.31 Å². The molecule has 206 valence electrons. The van der Waals surface area contributed by atoms with Gasteiger partial charge in [-0.15, -0.1) is 15.9 Å². The zero-order valence-electron chi connectivity index (χ0n) is 22.4. The van der Waals surface area contributed by atoms with Crippen LogP contribution in [0.3, 0.4) is 0 Å². The highest BCUT2D eigenvalue weighted by molar-refractivity contribution is 8.22. The minimum atomic E-state index is -3.30. The minimum Gasteiger partial charge on any atom is -0.486 e. The van der Waals surface area contributed by atoms with Crippen LogP contribution in [0.1, 0.15) is 61.9 Å². The number of aromatic nitrogens is 4. The van der Waals surface area contributed by atoms with Crippen LogP contribution < -0.4 is 4.74 Å². The average molecular weight is 544 g/mol. The van der Waals surface area contributed by atoms with Crippen molar-refractivity contribution in [2.75, 3.05) is 13.2 Å². The summed E-state index contributed by atoms with van der Waals surface area (Å²) in [4.78, 5) is 16.9. The molecule has 1 aliphatic rings. The molecule has 2 aromatic heterocycles. The van der Waals surface area contributed by atoms with E-state index in [-0.39, 0.29) is 24.4 Å². The number of carbonyl (C=O) groups excluding carboxylic acids is 1. The van der Waals surface area contributed by atoms with Gasteiger partial charge in [0.25, 0.3) is 0 Å². The fourth-order valence-corrected chi connectivity index (χ4v) is 6.29. The van der Waals surface area contributed by atoms with E-state index >= 15 is 0 Å². The van der Waals surface area contributed by atoms with Gasteiger partial charge in [-0.1, -0.05) is 23.4 Å². The summed E-state index contributed by atoms with van der Waals surface area (Å²) in [5.41, 5.74) is 3.87. The predicted octanol–water partition coefficient (Wildman–Crippen LogP) is 4.98. The Labute approximate surface area is 225 Å². The third-order valence-electron chi connectivity index (χ3n) is 6.76. The van der Waals surface area contributed by atoms with Crippen molar-refractivity contribution in [3.8, 4) is 5.75 Å². The lowest BCUT2D eigenvalue weighted by atomic mass is 9.88. The first kappa shape index (κ1) is 28.0. The van der Waals surface area contributed by atoms with Crippen molar-refractivity contribution in [1.29, 1.82) is 0 Å². The van der Waals surface area contributed by atoms with E-state index in [1.165, 1.54) is 12.4 Å². The topological polar surface area (TPSA) is 123 Å². The van der Waals surface area contributed by atoms with E-state index < -0.39 is 10.8 Å². The molecule has 2 atom stereocenters. The molecule has 0 amide bonds. The Morgan fingerprint density at radius 3 is 2.84 bits per heavy atom. The van der Waals surface area contributed by atoms with Gasteiger partial charge in [0.15, 0.2) is 5.75 Å². The molecule has 2 N–H and O–H groups in total. The smallest absolute Gasteiger partial charge is 0.306 e. The lowest BCUT2D eigenvalue weighted by Crippen LogP contribution is -2.33. The Morgan fingerprint density at radius 1 is 1.29 bits per heavy atom. The summed E-state index contributed by atoms with van der Waals surface area (Å²) in [6.45, 7) is 9.45. The van der Waals surface area contributed by atoms with Gasteiger partial charge in [0.2, 0.25) is 0 Å². The molecule has 0 fully saturated rings. The predicted molar refractivity (Wildman–Crippen MR) is 145 cm³/mol. The first-order valence-corrected chi connectivity index (χ1v) is 14.5. The summed E-state index contributed by atoms with van der Waals surface area (Å²) in [6.07, 6.45) is 6.37. The number of hydrogen-bond acceptors (Lipinski definition) is 9. The molecule has 0 aliphatic carbocycles. The van der Waals surface area contributed by atoms with Crippen molar-refractivity contribution < 1.29 is 23.4 Å². The monoisotopic (exact) mass is 543 g/mol. The summed E-state index contributed by atoms with van der Waals surface area (Å²) in [6, 6.07) is 7.74. The van der Waals surface area contributed by atoms with Crippen LogP contribution in [0.5, 0.6) is 5.75 Å². The highest BCUT2D eigenvalue weighted by Crippen LogP contribution is 2.57. The Kier molecular flexibility index (Phi) is 9.03. The van der Waals surface area contributed by atoms with Gasteiger partial charge in [-0.05, 0) is 69.2 Å². The second kappa shape index (κ2) is 12.2. The van der Waals surface area contributed by atoms with Crippen molar-refractivity contribution in [3.63, 3.8) is 0 Å². The zero-order valence-corrected chi connectivity index (χ0v) is 23.2. The number of nitrogens with zero attached hydrogens (tertiary/aromatic N) is 5. The molecule has 0 saturated carbocycles. The second-order valence-corrected chi connectivity index (χ2v) is 11.6. The number of benzene rings is 1. The molecule has 3 aromatic rings. The van der Waals surface area contributed by atoms with E-state index in [9.17, 15) is 13.9 Å². The standard InChI is InChI=1S/C27H37N5O5S/c1-5-31-18-24(29-30-31)10-9-22(14-27(33)36-6-2)21-8-7-19(3)23(13-21)17-32-16-20(4)37-25-15-28-12-11-26(25)38(32,34)35/h7-8,11-13,15,18,20,22,34-35H,5-6,9-10,14,16-17H2,1-4H3/t20-,22?/m1/s1. The quantitative estimate of drug-likeness (QED) is 0.341. The Balaban J connectivity index is 1.60. The number of esters is 1. The molecule has 11 heteroatoms. The lowest BCUT2D eigenvalue weighted by molar-refractivity contribution is -0.143.